The first-order valence-corrected chi connectivity index (χ1v) is 6.47. The Morgan fingerprint density at radius 1 is 1.53 bits per heavy atom. The van der Waals surface area contributed by atoms with Crippen LogP contribution in [0.2, 0.25) is 0 Å². The first-order chi connectivity index (χ1) is 8.99. The number of pyridine rings is 1. The number of aliphatic hydroxyl groups excluding tert-OH is 1. The van der Waals surface area contributed by atoms with Crippen molar-refractivity contribution < 1.29 is 9.90 Å². The summed E-state index contributed by atoms with van der Waals surface area (Å²) < 4.78 is 0. The van der Waals surface area contributed by atoms with Crippen LogP contribution in [0.1, 0.15) is 30.1 Å². The molecule has 0 saturated carbocycles. The summed E-state index contributed by atoms with van der Waals surface area (Å²) in [5.41, 5.74) is 11.8. The fraction of sp³-hybridized carbons (Fsp3) is 0.538. The molecule has 19 heavy (non-hydrogen) atoms. The van der Waals surface area contributed by atoms with Gasteiger partial charge in [-0.25, -0.2) is 4.98 Å². The van der Waals surface area contributed by atoms with Gasteiger partial charge in [-0.3, -0.25) is 4.79 Å². The molecule has 0 spiro atoms. The molecule has 2 rings (SSSR count). The topological polar surface area (TPSA) is 105 Å². The Balaban J connectivity index is 2.17. The molecular formula is C13H20N4O2. The van der Waals surface area contributed by atoms with Crippen LogP contribution < -0.4 is 16.4 Å². The van der Waals surface area contributed by atoms with Gasteiger partial charge in [0.1, 0.15) is 5.82 Å². The number of hydrogen-bond donors (Lipinski definition) is 3. The number of carbonyl (C=O) groups excluding carboxylic acids is 1. The number of nitrogens with two attached hydrogens (primary N) is 2. The van der Waals surface area contributed by atoms with Crippen molar-refractivity contribution >= 4 is 17.4 Å². The maximum absolute atomic E-state index is 11.4. The van der Waals surface area contributed by atoms with Crippen molar-refractivity contribution in [3.63, 3.8) is 0 Å². The smallest absolute Gasteiger partial charge is 0.252 e. The Morgan fingerprint density at radius 3 is 2.68 bits per heavy atom. The van der Waals surface area contributed by atoms with Crippen molar-refractivity contribution in [1.29, 1.82) is 0 Å². The van der Waals surface area contributed by atoms with Gasteiger partial charge < -0.3 is 21.5 Å². The fourth-order valence-corrected chi connectivity index (χ4v) is 2.50. The number of rotatable bonds is 3. The van der Waals surface area contributed by atoms with Crippen molar-refractivity contribution in [2.45, 2.75) is 25.9 Å². The van der Waals surface area contributed by atoms with Crippen molar-refractivity contribution in [3.8, 4) is 0 Å². The van der Waals surface area contributed by atoms with Gasteiger partial charge in [0, 0.05) is 13.1 Å². The van der Waals surface area contributed by atoms with Crippen molar-refractivity contribution in [2.75, 3.05) is 23.7 Å². The number of nitrogen functional groups attached to an aromatic ring is 1. The molecule has 0 radical (unpaired) electrons. The van der Waals surface area contributed by atoms with E-state index >= 15 is 0 Å². The Bertz CT molecular complexity index is 468. The van der Waals surface area contributed by atoms with E-state index in [-0.39, 0.29) is 6.10 Å². The highest BCUT2D eigenvalue weighted by atomic mass is 16.3. The second-order valence-corrected chi connectivity index (χ2v) is 5.07. The van der Waals surface area contributed by atoms with E-state index in [4.69, 9.17) is 11.5 Å². The van der Waals surface area contributed by atoms with Gasteiger partial charge in [-0.15, -0.1) is 0 Å². The summed E-state index contributed by atoms with van der Waals surface area (Å²) in [5, 5.41) is 9.59. The minimum atomic E-state index is -0.521. The lowest BCUT2D eigenvalue weighted by Crippen LogP contribution is -2.38. The molecule has 1 aliphatic rings. The standard InChI is InChI=1S/C13H20N4O2/c1-8(18)9-2-4-17(5-3-9)13-11(12(15)19)6-10(14)7-16-13/h6-9,18H,2-5,14H2,1H3,(H2,15,19). The molecule has 1 amide bonds. The molecule has 2 heterocycles. The van der Waals surface area contributed by atoms with E-state index < -0.39 is 5.91 Å². The summed E-state index contributed by atoms with van der Waals surface area (Å²) in [6, 6.07) is 1.56. The number of carbonyl (C=O) groups is 1. The average Bonchev–Trinajstić information content (AvgIpc) is 2.38. The van der Waals surface area contributed by atoms with Crippen molar-refractivity contribution in [2.24, 2.45) is 11.7 Å². The highest BCUT2D eigenvalue weighted by molar-refractivity contribution is 5.98. The number of nitrogens with zero attached hydrogens (tertiary/aromatic N) is 2. The quantitative estimate of drug-likeness (QED) is 0.731. The van der Waals surface area contributed by atoms with E-state index in [2.05, 4.69) is 4.98 Å². The number of hydrogen-bond acceptors (Lipinski definition) is 5. The molecule has 0 bridgehead atoms. The van der Waals surface area contributed by atoms with E-state index in [9.17, 15) is 9.90 Å². The molecule has 1 atom stereocenters. The number of anilines is 2. The summed E-state index contributed by atoms with van der Waals surface area (Å²) in [6.07, 6.45) is 2.99. The Kier molecular flexibility index (Phi) is 3.90. The zero-order chi connectivity index (χ0) is 14.0. The summed E-state index contributed by atoms with van der Waals surface area (Å²) in [6.45, 7) is 3.33. The third-order valence-corrected chi connectivity index (χ3v) is 3.67. The average molecular weight is 264 g/mol. The van der Waals surface area contributed by atoms with Crippen LogP contribution in [-0.4, -0.2) is 35.2 Å². The molecule has 1 saturated heterocycles. The number of amides is 1. The third kappa shape index (κ3) is 2.96. The molecule has 0 aromatic carbocycles. The van der Waals surface area contributed by atoms with Crippen LogP contribution in [0.25, 0.3) is 0 Å². The molecule has 1 aromatic rings. The minimum Gasteiger partial charge on any atom is -0.397 e. The molecule has 5 N–H and O–H groups in total. The normalized spacial score (nSPS) is 18.3. The predicted octanol–water partition coefficient (Wildman–Crippen LogP) is 0.360. The highest BCUT2D eigenvalue weighted by Crippen LogP contribution is 2.26. The Morgan fingerprint density at radius 2 is 2.16 bits per heavy atom. The van der Waals surface area contributed by atoms with Gasteiger partial charge in [0.25, 0.3) is 5.91 Å². The second kappa shape index (κ2) is 5.44. The van der Waals surface area contributed by atoms with Crippen LogP contribution in [-0.2, 0) is 0 Å². The fourth-order valence-electron chi connectivity index (χ4n) is 2.50. The molecule has 1 aliphatic heterocycles. The van der Waals surface area contributed by atoms with Crippen LogP contribution >= 0.6 is 0 Å². The molecule has 0 aliphatic carbocycles. The van der Waals surface area contributed by atoms with Crippen molar-refractivity contribution in [1.82, 2.24) is 4.98 Å². The molecule has 1 unspecified atom stereocenters. The van der Waals surface area contributed by atoms with Gasteiger partial charge in [-0.05, 0) is 31.7 Å². The van der Waals surface area contributed by atoms with Gasteiger partial charge in [0.15, 0.2) is 0 Å². The zero-order valence-electron chi connectivity index (χ0n) is 11.0. The highest BCUT2D eigenvalue weighted by Gasteiger charge is 2.25. The summed E-state index contributed by atoms with van der Waals surface area (Å²) in [5.74, 6) is 0.375. The Labute approximate surface area is 112 Å². The van der Waals surface area contributed by atoms with Crippen LogP contribution in [0, 0.1) is 5.92 Å². The van der Waals surface area contributed by atoms with Crippen LogP contribution in [0.15, 0.2) is 12.3 Å². The van der Waals surface area contributed by atoms with Gasteiger partial charge in [0.05, 0.1) is 23.6 Å². The first-order valence-electron chi connectivity index (χ1n) is 6.47. The summed E-state index contributed by atoms with van der Waals surface area (Å²) in [7, 11) is 0. The second-order valence-electron chi connectivity index (χ2n) is 5.07. The molecular weight excluding hydrogens is 244 g/mol. The van der Waals surface area contributed by atoms with E-state index in [1.54, 1.807) is 6.07 Å². The third-order valence-electron chi connectivity index (χ3n) is 3.67. The maximum Gasteiger partial charge on any atom is 0.252 e. The lowest BCUT2D eigenvalue weighted by Gasteiger charge is -2.34. The van der Waals surface area contributed by atoms with Gasteiger partial charge in [-0.2, -0.15) is 0 Å². The van der Waals surface area contributed by atoms with Crippen LogP contribution in [0.4, 0.5) is 11.5 Å². The number of aliphatic hydroxyl groups is 1. The number of aromatic nitrogens is 1. The van der Waals surface area contributed by atoms with Gasteiger partial charge in [0.2, 0.25) is 0 Å². The maximum atomic E-state index is 11.4. The van der Waals surface area contributed by atoms with Crippen molar-refractivity contribution in [3.05, 3.63) is 17.8 Å². The van der Waals surface area contributed by atoms with E-state index in [1.807, 2.05) is 11.8 Å². The molecule has 104 valence electrons. The van der Waals surface area contributed by atoms with E-state index in [0.717, 1.165) is 25.9 Å². The minimum absolute atomic E-state index is 0.294. The lowest BCUT2D eigenvalue weighted by molar-refractivity contribution is 0.0997. The SMILES string of the molecule is CC(O)C1CCN(c2ncc(N)cc2C(N)=O)CC1. The van der Waals surface area contributed by atoms with Crippen LogP contribution in [0.5, 0.6) is 0 Å². The molecule has 1 fully saturated rings. The van der Waals surface area contributed by atoms with Crippen LogP contribution in [0.3, 0.4) is 0 Å². The zero-order valence-corrected chi connectivity index (χ0v) is 11.0. The predicted molar refractivity (Wildman–Crippen MR) is 73.8 cm³/mol. The number of piperidine rings is 1. The van der Waals surface area contributed by atoms with E-state index in [1.165, 1.54) is 6.20 Å². The molecule has 1 aromatic heterocycles. The monoisotopic (exact) mass is 264 g/mol. The van der Waals surface area contributed by atoms with E-state index in [0.29, 0.717) is 23.0 Å². The number of primary amides is 1. The largest absolute Gasteiger partial charge is 0.397 e. The summed E-state index contributed by atoms with van der Waals surface area (Å²) in [4.78, 5) is 17.7. The summed E-state index contributed by atoms with van der Waals surface area (Å²) >= 11 is 0. The first kappa shape index (κ1) is 13.6. The Hall–Kier alpha value is -1.82. The lowest BCUT2D eigenvalue weighted by atomic mass is 9.92. The van der Waals surface area contributed by atoms with Gasteiger partial charge >= 0.3 is 0 Å². The molecule has 6 heteroatoms. The molecule has 6 nitrogen and oxygen atoms in total. The van der Waals surface area contributed by atoms with Gasteiger partial charge in [-0.1, -0.05) is 0 Å².